The van der Waals surface area contributed by atoms with Gasteiger partial charge in [-0.3, -0.25) is 4.79 Å². The third kappa shape index (κ3) is 9.19. The second-order valence-corrected chi connectivity index (χ2v) is 6.25. The van der Waals surface area contributed by atoms with Crippen LogP contribution in [0.5, 0.6) is 5.75 Å². The van der Waals surface area contributed by atoms with E-state index >= 15 is 0 Å². The molecule has 26 heavy (non-hydrogen) atoms. The first-order valence-electron chi connectivity index (χ1n) is 8.49. The number of benzene rings is 1. The molecule has 3 unspecified atom stereocenters. The Balaban J connectivity index is 2.62. The summed E-state index contributed by atoms with van der Waals surface area (Å²) >= 11 is 0. The van der Waals surface area contributed by atoms with Crippen LogP contribution >= 0.6 is 0 Å². The minimum atomic E-state index is -0.907. The first-order valence-corrected chi connectivity index (χ1v) is 8.49. The van der Waals surface area contributed by atoms with Crippen LogP contribution in [0, 0.1) is 10.1 Å². The molecule has 0 radical (unpaired) electrons. The highest BCUT2D eigenvalue weighted by atomic mass is 17.0. The predicted molar refractivity (Wildman–Crippen MR) is 95.2 cm³/mol. The molecular weight excluding hydrogens is 342 g/mol. The number of carbonyl (C=O) groups is 1. The Hall–Kier alpha value is -2.39. The van der Waals surface area contributed by atoms with Crippen molar-refractivity contribution in [2.24, 2.45) is 0 Å². The number of nitrogens with one attached hydrogen (secondary N) is 2. The molecule has 3 N–H and O–H groups in total. The van der Waals surface area contributed by atoms with E-state index in [9.17, 15) is 20.0 Å². The number of aliphatic hydroxyl groups is 1. The summed E-state index contributed by atoms with van der Waals surface area (Å²) in [5.74, 6) is 0.146. The topological polar surface area (TPSA) is 123 Å². The maximum Gasteiger partial charge on any atom is 0.294 e. The molecule has 0 fully saturated rings. The number of para-hydroxylation sites is 1. The van der Waals surface area contributed by atoms with E-state index in [0.29, 0.717) is 5.75 Å². The van der Waals surface area contributed by atoms with Gasteiger partial charge in [-0.1, -0.05) is 32.0 Å². The van der Waals surface area contributed by atoms with Gasteiger partial charge in [0.15, 0.2) is 0 Å². The summed E-state index contributed by atoms with van der Waals surface area (Å²) in [6.45, 7) is 5.62. The molecule has 0 saturated carbocycles. The molecule has 1 aromatic rings. The van der Waals surface area contributed by atoms with Crippen LogP contribution < -0.4 is 15.4 Å². The lowest BCUT2D eigenvalue weighted by atomic mass is 10.1. The van der Waals surface area contributed by atoms with Gasteiger partial charge < -0.3 is 25.3 Å². The zero-order valence-corrected chi connectivity index (χ0v) is 15.3. The third-order valence-electron chi connectivity index (χ3n) is 3.43. The maximum atomic E-state index is 12.1. The largest absolute Gasteiger partial charge is 0.487 e. The normalized spacial score (nSPS) is 14.3. The van der Waals surface area contributed by atoms with Gasteiger partial charge >= 0.3 is 0 Å². The lowest BCUT2D eigenvalue weighted by Crippen LogP contribution is -2.45. The quantitative estimate of drug-likeness (QED) is 0.369. The van der Waals surface area contributed by atoms with Crippen molar-refractivity contribution in [3.63, 3.8) is 0 Å². The van der Waals surface area contributed by atoms with Gasteiger partial charge in [-0.05, 0) is 19.1 Å². The molecule has 1 rings (SSSR count). The smallest absolute Gasteiger partial charge is 0.294 e. The molecule has 3 atom stereocenters. The monoisotopic (exact) mass is 369 g/mol. The first-order chi connectivity index (χ1) is 12.3. The van der Waals surface area contributed by atoms with Gasteiger partial charge in [0.2, 0.25) is 5.91 Å². The van der Waals surface area contributed by atoms with Crippen LogP contribution in [0.3, 0.4) is 0 Å². The van der Waals surface area contributed by atoms with Crippen LogP contribution in [0.4, 0.5) is 0 Å². The molecule has 1 aromatic carbocycles. The van der Waals surface area contributed by atoms with Crippen molar-refractivity contribution in [3.8, 4) is 5.75 Å². The van der Waals surface area contributed by atoms with Crippen molar-refractivity contribution in [3.05, 3.63) is 40.4 Å². The fourth-order valence-corrected chi connectivity index (χ4v) is 2.11. The number of hydrogen-bond donors (Lipinski definition) is 3. The van der Waals surface area contributed by atoms with Crippen molar-refractivity contribution in [2.75, 3.05) is 13.1 Å². The standard InChI is InChI=1S/C17H27N3O6/c1-12(2)18-11-15(21)16(25-14-7-5-4-6-8-14)9-17(22)19-10-13(3)26-20(23)24/h4-8,12-13,15-16,18,21H,9-11H2,1-3H3,(H,19,22). The number of rotatable bonds is 12. The van der Waals surface area contributed by atoms with E-state index in [1.807, 2.05) is 19.9 Å². The molecule has 1 amide bonds. The predicted octanol–water partition coefficient (Wildman–Crippen LogP) is 0.896. The summed E-state index contributed by atoms with van der Waals surface area (Å²) in [7, 11) is 0. The number of nitrogens with zero attached hydrogens (tertiary/aromatic N) is 1. The average molecular weight is 369 g/mol. The van der Waals surface area contributed by atoms with Crippen LogP contribution in [0.2, 0.25) is 0 Å². The molecule has 0 aliphatic heterocycles. The van der Waals surface area contributed by atoms with E-state index in [1.165, 1.54) is 6.92 Å². The third-order valence-corrected chi connectivity index (χ3v) is 3.43. The molecule has 0 spiro atoms. The number of hydrogen-bond acceptors (Lipinski definition) is 7. The fourth-order valence-electron chi connectivity index (χ4n) is 2.11. The molecule has 0 aliphatic carbocycles. The second-order valence-electron chi connectivity index (χ2n) is 6.25. The summed E-state index contributed by atoms with van der Waals surface area (Å²) in [6, 6.07) is 9.07. The minimum absolute atomic E-state index is 0.0157. The van der Waals surface area contributed by atoms with Crippen molar-refractivity contribution < 1.29 is 24.6 Å². The Morgan fingerprint density at radius 1 is 1.23 bits per heavy atom. The van der Waals surface area contributed by atoms with Crippen LogP contribution in [0.25, 0.3) is 0 Å². The number of ether oxygens (including phenoxy) is 1. The van der Waals surface area contributed by atoms with Crippen LogP contribution in [0.15, 0.2) is 30.3 Å². The van der Waals surface area contributed by atoms with E-state index in [0.717, 1.165) is 0 Å². The fraction of sp³-hybridized carbons (Fsp3) is 0.588. The van der Waals surface area contributed by atoms with Crippen molar-refractivity contribution in [1.29, 1.82) is 0 Å². The molecule has 0 saturated heterocycles. The molecule has 9 nitrogen and oxygen atoms in total. The van der Waals surface area contributed by atoms with Gasteiger partial charge in [0.1, 0.15) is 24.1 Å². The molecular formula is C17H27N3O6. The van der Waals surface area contributed by atoms with Crippen LogP contribution in [-0.2, 0) is 9.63 Å². The van der Waals surface area contributed by atoms with Crippen molar-refractivity contribution in [1.82, 2.24) is 10.6 Å². The minimum Gasteiger partial charge on any atom is -0.487 e. The molecule has 0 aromatic heterocycles. The summed E-state index contributed by atoms with van der Waals surface area (Å²) in [6.07, 6.45) is -2.54. The summed E-state index contributed by atoms with van der Waals surface area (Å²) in [5.41, 5.74) is 0. The number of amides is 1. The zero-order valence-electron chi connectivity index (χ0n) is 15.3. The van der Waals surface area contributed by atoms with Gasteiger partial charge in [-0.15, -0.1) is 10.1 Å². The Bertz CT molecular complexity index is 555. The van der Waals surface area contributed by atoms with E-state index < -0.39 is 29.3 Å². The van der Waals surface area contributed by atoms with Crippen molar-refractivity contribution in [2.45, 2.75) is 51.5 Å². The van der Waals surface area contributed by atoms with E-state index in [-0.39, 0.29) is 25.6 Å². The Kier molecular flexibility index (Phi) is 9.38. The van der Waals surface area contributed by atoms with E-state index in [2.05, 4.69) is 15.5 Å². The Morgan fingerprint density at radius 2 is 1.88 bits per heavy atom. The van der Waals surface area contributed by atoms with Gasteiger partial charge in [-0.2, -0.15) is 0 Å². The molecule has 0 heterocycles. The molecule has 9 heteroatoms. The maximum absolute atomic E-state index is 12.1. The van der Waals surface area contributed by atoms with Crippen molar-refractivity contribution >= 4 is 5.91 Å². The first kappa shape index (κ1) is 21.7. The summed E-state index contributed by atoms with van der Waals surface area (Å²) in [5, 5.41) is 25.4. The molecule has 146 valence electrons. The SMILES string of the molecule is CC(C)NCC(O)C(CC(=O)NCC(C)O[N+](=O)[O-])Oc1ccccc1. The van der Waals surface area contributed by atoms with E-state index in [4.69, 9.17) is 4.74 Å². The highest BCUT2D eigenvalue weighted by molar-refractivity contribution is 5.76. The second kappa shape index (κ2) is 11.3. The van der Waals surface area contributed by atoms with Gasteiger partial charge in [0.05, 0.1) is 6.42 Å². The van der Waals surface area contributed by atoms with Crippen LogP contribution in [-0.4, -0.2) is 53.5 Å². The lowest BCUT2D eigenvalue weighted by molar-refractivity contribution is -0.767. The van der Waals surface area contributed by atoms with Gasteiger partial charge in [0.25, 0.3) is 5.09 Å². The van der Waals surface area contributed by atoms with Crippen LogP contribution in [0.1, 0.15) is 27.2 Å². The summed E-state index contributed by atoms with van der Waals surface area (Å²) < 4.78 is 5.76. The Labute approximate surface area is 152 Å². The van der Waals surface area contributed by atoms with Gasteiger partial charge in [0, 0.05) is 19.1 Å². The molecule has 0 bridgehead atoms. The molecule has 0 aliphatic rings. The number of carbonyl (C=O) groups excluding carboxylic acids is 1. The zero-order chi connectivity index (χ0) is 19.5. The highest BCUT2D eigenvalue weighted by Crippen LogP contribution is 2.15. The van der Waals surface area contributed by atoms with Gasteiger partial charge in [-0.25, -0.2) is 0 Å². The highest BCUT2D eigenvalue weighted by Gasteiger charge is 2.25. The Morgan fingerprint density at radius 3 is 2.46 bits per heavy atom. The lowest BCUT2D eigenvalue weighted by Gasteiger charge is -2.25. The van der Waals surface area contributed by atoms with E-state index in [1.54, 1.807) is 24.3 Å². The summed E-state index contributed by atoms with van der Waals surface area (Å²) in [4.78, 5) is 26.7. The number of aliphatic hydroxyl groups excluding tert-OH is 1. The average Bonchev–Trinajstić information content (AvgIpc) is 2.57.